The number of aromatic nitrogens is 5. The minimum absolute atomic E-state index is 0.00850. The Morgan fingerprint density at radius 3 is 2.68 bits per heavy atom. The average Bonchev–Trinajstić information content (AvgIpc) is 3.41. The summed E-state index contributed by atoms with van der Waals surface area (Å²) in [6.45, 7) is 5.01. The fourth-order valence-corrected chi connectivity index (χ4v) is 6.40. The Kier molecular flexibility index (Phi) is 7.19. The van der Waals surface area contributed by atoms with Crippen molar-refractivity contribution in [3.63, 3.8) is 0 Å². The van der Waals surface area contributed by atoms with Crippen LogP contribution >= 0.6 is 0 Å². The summed E-state index contributed by atoms with van der Waals surface area (Å²) in [6.07, 6.45) is 9.54. The van der Waals surface area contributed by atoms with Crippen LogP contribution in [0.25, 0.3) is 16.8 Å². The minimum Gasteiger partial charge on any atom is -0.478 e. The number of likely N-dealkylation sites (tertiary alicyclic amines) is 1. The molecule has 6 rings (SSSR count). The van der Waals surface area contributed by atoms with E-state index in [4.69, 9.17) is 0 Å². The molecule has 3 heterocycles. The summed E-state index contributed by atoms with van der Waals surface area (Å²) in [5, 5.41) is 22.8. The van der Waals surface area contributed by atoms with Crippen molar-refractivity contribution in [3.8, 4) is 16.8 Å². The fraction of sp³-hybridized carbons (Fsp3) is 0.406. The first-order chi connectivity index (χ1) is 19.8. The molecule has 1 saturated heterocycles. The predicted octanol–water partition coefficient (Wildman–Crippen LogP) is 5.74. The largest absolute Gasteiger partial charge is 0.478 e. The van der Waals surface area contributed by atoms with Gasteiger partial charge in [-0.15, -0.1) is 5.10 Å². The van der Waals surface area contributed by atoms with Gasteiger partial charge in [-0.05, 0) is 80.0 Å². The van der Waals surface area contributed by atoms with Gasteiger partial charge in [0.15, 0.2) is 0 Å². The Morgan fingerprint density at radius 1 is 1.07 bits per heavy atom. The highest BCUT2D eigenvalue weighted by Crippen LogP contribution is 2.55. The van der Waals surface area contributed by atoms with E-state index in [1.165, 1.54) is 12.6 Å². The van der Waals surface area contributed by atoms with Crippen LogP contribution < -0.4 is 0 Å². The summed E-state index contributed by atoms with van der Waals surface area (Å²) in [5.41, 5.74) is 6.17. The summed E-state index contributed by atoms with van der Waals surface area (Å²) in [6, 6.07) is 14.3. The van der Waals surface area contributed by atoms with Gasteiger partial charge in [-0.25, -0.2) is 9.48 Å². The Hall–Kier alpha value is -4.27. The van der Waals surface area contributed by atoms with Crippen molar-refractivity contribution < 1.29 is 14.7 Å². The molecule has 9 nitrogen and oxygen atoms in total. The first-order valence-corrected chi connectivity index (χ1v) is 14.5. The quantitative estimate of drug-likeness (QED) is 0.299. The number of piperidine rings is 1. The van der Waals surface area contributed by atoms with Crippen LogP contribution in [0.1, 0.15) is 95.0 Å². The Bertz CT molecular complexity index is 1600. The van der Waals surface area contributed by atoms with Crippen LogP contribution in [0.3, 0.4) is 0 Å². The zero-order valence-corrected chi connectivity index (χ0v) is 23.8. The summed E-state index contributed by atoms with van der Waals surface area (Å²) < 4.78 is 3.43. The van der Waals surface area contributed by atoms with Crippen LogP contribution in [0.15, 0.2) is 54.9 Å². The van der Waals surface area contributed by atoms with Gasteiger partial charge in [0.05, 0.1) is 23.3 Å². The molecule has 4 aromatic rings. The summed E-state index contributed by atoms with van der Waals surface area (Å²) in [4.78, 5) is 27.9. The van der Waals surface area contributed by atoms with E-state index in [0.29, 0.717) is 17.3 Å². The molecule has 1 aliphatic carbocycles. The van der Waals surface area contributed by atoms with Gasteiger partial charge in [-0.3, -0.25) is 9.48 Å². The number of amides is 1. The van der Waals surface area contributed by atoms with Crippen molar-refractivity contribution in [2.75, 3.05) is 6.54 Å². The van der Waals surface area contributed by atoms with Crippen LogP contribution in [-0.2, 0) is 7.05 Å². The number of nitrogens with zero attached hydrogens (tertiary/aromatic N) is 6. The van der Waals surface area contributed by atoms with Crippen molar-refractivity contribution in [1.82, 2.24) is 29.7 Å². The van der Waals surface area contributed by atoms with Crippen molar-refractivity contribution in [1.29, 1.82) is 0 Å². The van der Waals surface area contributed by atoms with Gasteiger partial charge in [0.1, 0.15) is 5.56 Å². The number of hydrogen-bond donors (Lipinski definition) is 1. The highest BCUT2D eigenvalue weighted by atomic mass is 16.4. The smallest absolute Gasteiger partial charge is 0.339 e. The van der Waals surface area contributed by atoms with Crippen molar-refractivity contribution in [3.05, 3.63) is 82.9 Å². The van der Waals surface area contributed by atoms with E-state index in [-0.39, 0.29) is 23.3 Å². The van der Waals surface area contributed by atoms with Crippen molar-refractivity contribution in [2.24, 2.45) is 7.05 Å². The first kappa shape index (κ1) is 26.9. The lowest BCUT2D eigenvalue weighted by Crippen LogP contribution is -2.43. The molecule has 0 unspecified atom stereocenters. The molecule has 0 spiro atoms. The molecule has 2 aliphatic rings. The third kappa shape index (κ3) is 5.28. The highest BCUT2D eigenvalue weighted by Gasteiger charge is 2.46. The molecule has 2 fully saturated rings. The molecule has 3 atom stereocenters. The molecule has 1 aliphatic heterocycles. The Balaban J connectivity index is 1.34. The molecular formula is C32H36N6O3. The first-order valence-electron chi connectivity index (χ1n) is 14.5. The van der Waals surface area contributed by atoms with Crippen LogP contribution in [0, 0.1) is 6.92 Å². The third-order valence-corrected chi connectivity index (χ3v) is 8.44. The van der Waals surface area contributed by atoms with Crippen LogP contribution in [0.2, 0.25) is 0 Å². The molecular weight excluding hydrogens is 516 g/mol. The van der Waals surface area contributed by atoms with Gasteiger partial charge >= 0.3 is 5.97 Å². The molecule has 0 bridgehead atoms. The number of carbonyl (C=O) groups is 2. The molecule has 9 heteroatoms. The van der Waals surface area contributed by atoms with E-state index < -0.39 is 5.97 Å². The standard InChI is InChI=1S/C32H36N6O3/c1-4-8-24-11-5-6-12-37(24)31(39)22-10-7-9-21(15-22)23-13-20(2)14-25(16-23)38-30(28(18-33-38)32(40)41)27-17-26(27)29-19-36(3)35-34-29/h7,9-10,13-16,18-19,24,26-27H,4-6,8,11-12,17H2,1-3H3,(H,40,41)/t24-,26+,27+/m1/s1. The highest BCUT2D eigenvalue weighted by molar-refractivity contribution is 5.96. The van der Waals surface area contributed by atoms with Gasteiger partial charge in [-0.1, -0.05) is 36.8 Å². The van der Waals surface area contributed by atoms with E-state index >= 15 is 0 Å². The molecule has 1 N–H and O–H groups in total. The normalized spacial score (nSPS) is 20.3. The van der Waals surface area contributed by atoms with E-state index in [1.807, 2.05) is 56.6 Å². The van der Waals surface area contributed by atoms with Crippen molar-refractivity contribution in [2.45, 2.75) is 70.3 Å². The van der Waals surface area contributed by atoms with Gasteiger partial charge in [-0.2, -0.15) is 5.10 Å². The second-order valence-electron chi connectivity index (χ2n) is 11.5. The van der Waals surface area contributed by atoms with Gasteiger partial charge < -0.3 is 10.0 Å². The SMILES string of the molecule is CCC[C@@H]1CCCCN1C(=O)c1cccc(-c2cc(C)cc(-n3ncc(C(=O)O)c3[C@H]3C[C@@H]3c3cn(C)nn3)c2)c1. The Labute approximate surface area is 239 Å². The van der Waals surface area contributed by atoms with Crippen LogP contribution in [-0.4, -0.2) is 59.2 Å². The number of aromatic carboxylic acids is 1. The Morgan fingerprint density at radius 2 is 1.93 bits per heavy atom. The van der Waals surface area contributed by atoms with Gasteiger partial charge in [0.2, 0.25) is 0 Å². The molecule has 2 aromatic carbocycles. The van der Waals surface area contributed by atoms with Gasteiger partial charge in [0, 0.05) is 43.2 Å². The second kappa shape index (κ2) is 11.0. The fourth-order valence-electron chi connectivity index (χ4n) is 6.40. The number of carboxylic acid groups (broad SMARTS) is 1. The number of benzene rings is 2. The topological polar surface area (TPSA) is 106 Å². The monoisotopic (exact) mass is 552 g/mol. The molecule has 41 heavy (non-hydrogen) atoms. The predicted molar refractivity (Wildman–Crippen MR) is 155 cm³/mol. The van der Waals surface area contributed by atoms with E-state index in [1.54, 1.807) is 9.36 Å². The number of hydrogen-bond acceptors (Lipinski definition) is 5. The van der Waals surface area contributed by atoms with Crippen LogP contribution in [0.4, 0.5) is 0 Å². The number of rotatable bonds is 8. The van der Waals surface area contributed by atoms with Crippen LogP contribution in [0.5, 0.6) is 0 Å². The van der Waals surface area contributed by atoms with Crippen molar-refractivity contribution >= 4 is 11.9 Å². The van der Waals surface area contributed by atoms with E-state index in [9.17, 15) is 14.7 Å². The van der Waals surface area contributed by atoms with E-state index in [2.05, 4.69) is 33.3 Å². The minimum atomic E-state index is -0.991. The lowest BCUT2D eigenvalue weighted by molar-refractivity contribution is 0.0600. The summed E-state index contributed by atoms with van der Waals surface area (Å²) in [7, 11) is 1.83. The molecule has 1 amide bonds. The maximum absolute atomic E-state index is 13.6. The molecule has 0 radical (unpaired) electrons. The number of aryl methyl sites for hydroxylation is 2. The summed E-state index contributed by atoms with van der Waals surface area (Å²) in [5.74, 6) is -0.794. The lowest BCUT2D eigenvalue weighted by Gasteiger charge is -2.36. The molecule has 212 valence electrons. The number of carbonyl (C=O) groups excluding carboxylic acids is 1. The van der Waals surface area contributed by atoms with Gasteiger partial charge in [0.25, 0.3) is 5.91 Å². The number of carboxylic acids is 1. The average molecular weight is 553 g/mol. The third-order valence-electron chi connectivity index (χ3n) is 8.44. The lowest BCUT2D eigenvalue weighted by atomic mass is 9.96. The molecule has 1 saturated carbocycles. The second-order valence-corrected chi connectivity index (χ2v) is 11.5. The summed E-state index contributed by atoms with van der Waals surface area (Å²) >= 11 is 0. The maximum Gasteiger partial charge on any atom is 0.339 e. The zero-order chi connectivity index (χ0) is 28.7. The van der Waals surface area contributed by atoms with E-state index in [0.717, 1.165) is 66.7 Å². The molecule has 2 aromatic heterocycles. The maximum atomic E-state index is 13.6. The zero-order valence-electron chi connectivity index (χ0n) is 23.8.